The molecule has 1 N–H and O–H groups in total. The Labute approximate surface area is 120 Å². The molecule has 1 aromatic rings. The molecule has 5 nitrogen and oxygen atoms in total. The van der Waals surface area contributed by atoms with E-state index < -0.39 is 29.4 Å². The maximum absolute atomic E-state index is 13.8. The zero-order valence-corrected chi connectivity index (χ0v) is 11.7. The summed E-state index contributed by atoms with van der Waals surface area (Å²) in [5.74, 6) is -9.18. The van der Waals surface area contributed by atoms with Crippen LogP contribution in [-0.2, 0) is 9.53 Å². The molecule has 0 aliphatic rings. The molecule has 0 spiro atoms. The van der Waals surface area contributed by atoms with E-state index in [1.807, 2.05) is 0 Å². The average molecular weight is 301 g/mol. The number of phenolic OH excluding ortho intramolecular Hbond substituents is 1. The highest BCUT2D eigenvalue weighted by atomic mass is 19.3. The van der Waals surface area contributed by atoms with Crippen LogP contribution in [0.1, 0.15) is 31.1 Å². The fraction of sp³-hybridized carbons (Fsp3) is 0.429. The number of esters is 1. The highest BCUT2D eigenvalue weighted by Crippen LogP contribution is 2.38. The van der Waals surface area contributed by atoms with Crippen LogP contribution >= 0.6 is 0 Å². The molecule has 0 radical (unpaired) electrons. The van der Waals surface area contributed by atoms with Crippen LogP contribution < -0.4 is 5.11 Å². The minimum atomic E-state index is -4.35. The normalized spacial score (nSPS) is 14.6. The van der Waals surface area contributed by atoms with Gasteiger partial charge in [-0.05, 0) is 37.1 Å². The van der Waals surface area contributed by atoms with Crippen LogP contribution in [0.2, 0.25) is 0 Å². The summed E-state index contributed by atoms with van der Waals surface area (Å²) in [4.78, 5) is 22.5. The molecule has 0 saturated carbocycles. The Hall–Kier alpha value is -2.18. The second kappa shape index (κ2) is 5.67. The fourth-order valence-electron chi connectivity index (χ4n) is 1.60. The first kappa shape index (κ1) is 16.9. The lowest BCUT2D eigenvalue weighted by atomic mass is 9.85. The van der Waals surface area contributed by atoms with Gasteiger partial charge in [-0.3, -0.25) is 0 Å². The molecular formula is C14H15F2O5-. The zero-order valence-electron chi connectivity index (χ0n) is 11.7. The number of carboxylic acids is 1. The van der Waals surface area contributed by atoms with Crippen molar-refractivity contribution in [2.24, 2.45) is 5.92 Å². The van der Waals surface area contributed by atoms with Crippen LogP contribution in [0.25, 0.3) is 0 Å². The number of ether oxygens (including phenoxy) is 1. The third-order valence-electron chi connectivity index (χ3n) is 3.39. The molecule has 1 aromatic carbocycles. The first-order valence-corrected chi connectivity index (χ1v) is 6.14. The number of carbonyl (C=O) groups excluding carboxylic acids is 2. The Morgan fingerprint density at radius 3 is 2.10 bits per heavy atom. The molecule has 1 rings (SSSR count). The van der Waals surface area contributed by atoms with E-state index in [0.717, 1.165) is 6.92 Å². The number of carboxylic acid groups (broad SMARTS) is 1. The number of alkyl halides is 2. The summed E-state index contributed by atoms with van der Waals surface area (Å²) in [5, 5.41) is 19.8. The molecule has 21 heavy (non-hydrogen) atoms. The topological polar surface area (TPSA) is 86.7 Å². The van der Waals surface area contributed by atoms with Crippen molar-refractivity contribution < 1.29 is 33.3 Å². The number of hydrogen-bond acceptors (Lipinski definition) is 5. The summed E-state index contributed by atoms with van der Waals surface area (Å²) < 4.78 is 32.4. The first-order valence-electron chi connectivity index (χ1n) is 6.14. The monoisotopic (exact) mass is 301 g/mol. The second-order valence-electron chi connectivity index (χ2n) is 5.06. The predicted octanol–water partition coefficient (Wildman–Crippen LogP) is 1.35. The first-order chi connectivity index (χ1) is 9.52. The van der Waals surface area contributed by atoms with Crippen molar-refractivity contribution in [3.8, 4) is 5.75 Å². The Morgan fingerprint density at radius 2 is 1.71 bits per heavy atom. The molecule has 0 amide bonds. The van der Waals surface area contributed by atoms with E-state index in [1.165, 1.54) is 38.1 Å². The van der Waals surface area contributed by atoms with Crippen LogP contribution in [-0.4, -0.2) is 28.6 Å². The summed E-state index contributed by atoms with van der Waals surface area (Å²) in [6.07, 6.45) is 0. The smallest absolute Gasteiger partial charge is 0.338 e. The van der Waals surface area contributed by atoms with E-state index in [-0.39, 0.29) is 11.3 Å². The SMILES string of the molecule is CC(C)C(C)(OC(=O)c1ccc(O)cc1)C(F)(F)C(=O)[O-]. The lowest BCUT2D eigenvalue weighted by molar-refractivity contribution is -0.345. The van der Waals surface area contributed by atoms with Crippen LogP contribution in [0.3, 0.4) is 0 Å². The summed E-state index contributed by atoms with van der Waals surface area (Å²) in [6, 6.07) is 4.71. The Kier molecular flexibility index (Phi) is 4.56. The maximum Gasteiger partial charge on any atom is 0.338 e. The van der Waals surface area contributed by atoms with Crippen LogP contribution in [0.5, 0.6) is 5.75 Å². The third-order valence-corrected chi connectivity index (χ3v) is 3.39. The summed E-state index contributed by atoms with van der Waals surface area (Å²) in [5.41, 5.74) is -2.66. The second-order valence-corrected chi connectivity index (χ2v) is 5.06. The van der Waals surface area contributed by atoms with Crippen LogP contribution in [0.15, 0.2) is 24.3 Å². The lowest BCUT2D eigenvalue weighted by Crippen LogP contribution is -2.61. The van der Waals surface area contributed by atoms with Crippen LogP contribution in [0.4, 0.5) is 8.78 Å². The van der Waals surface area contributed by atoms with E-state index in [9.17, 15) is 23.5 Å². The van der Waals surface area contributed by atoms with Crippen molar-refractivity contribution in [2.75, 3.05) is 0 Å². The molecule has 0 saturated heterocycles. The van der Waals surface area contributed by atoms with Gasteiger partial charge in [-0.2, -0.15) is 8.78 Å². The Morgan fingerprint density at radius 1 is 1.24 bits per heavy atom. The molecule has 7 heteroatoms. The van der Waals surface area contributed by atoms with Gasteiger partial charge in [0.05, 0.1) is 5.56 Å². The maximum atomic E-state index is 13.8. The van der Waals surface area contributed by atoms with Crippen molar-refractivity contribution in [3.05, 3.63) is 29.8 Å². The Balaban J connectivity index is 3.12. The molecule has 0 fully saturated rings. The Bertz CT molecular complexity index is 539. The average Bonchev–Trinajstić information content (AvgIpc) is 2.38. The third kappa shape index (κ3) is 3.12. The zero-order chi connectivity index (χ0) is 16.4. The van der Waals surface area contributed by atoms with Gasteiger partial charge in [-0.25, -0.2) is 4.79 Å². The van der Waals surface area contributed by atoms with Crippen molar-refractivity contribution in [1.29, 1.82) is 0 Å². The van der Waals surface area contributed by atoms with E-state index in [4.69, 9.17) is 9.84 Å². The number of carbonyl (C=O) groups is 2. The largest absolute Gasteiger partial charge is 0.544 e. The quantitative estimate of drug-likeness (QED) is 0.830. The number of phenols is 1. The lowest BCUT2D eigenvalue weighted by Gasteiger charge is -2.40. The van der Waals surface area contributed by atoms with E-state index in [1.54, 1.807) is 0 Å². The number of hydrogen-bond donors (Lipinski definition) is 1. The molecule has 0 aliphatic carbocycles. The van der Waals surface area contributed by atoms with E-state index in [0.29, 0.717) is 0 Å². The van der Waals surface area contributed by atoms with Gasteiger partial charge in [0.2, 0.25) is 0 Å². The minimum Gasteiger partial charge on any atom is -0.544 e. The van der Waals surface area contributed by atoms with Gasteiger partial charge >= 0.3 is 11.9 Å². The van der Waals surface area contributed by atoms with Gasteiger partial charge in [0, 0.05) is 0 Å². The molecular weight excluding hydrogens is 286 g/mol. The number of halogens is 2. The molecule has 0 bridgehead atoms. The number of aliphatic carboxylic acids is 1. The molecule has 1 atom stereocenters. The summed E-state index contributed by atoms with van der Waals surface area (Å²) >= 11 is 0. The molecule has 116 valence electrons. The van der Waals surface area contributed by atoms with Gasteiger partial charge in [-0.1, -0.05) is 13.8 Å². The van der Waals surface area contributed by atoms with Crippen molar-refractivity contribution >= 4 is 11.9 Å². The van der Waals surface area contributed by atoms with Gasteiger partial charge < -0.3 is 19.7 Å². The molecule has 1 unspecified atom stereocenters. The standard InChI is InChI=1S/C14H16F2O5/c1-8(2)13(3,14(15,16)12(19)20)21-11(18)9-4-6-10(17)7-5-9/h4-8,17H,1-3H3,(H,19,20)/p-1. The van der Waals surface area contributed by atoms with Crippen molar-refractivity contribution in [1.82, 2.24) is 0 Å². The summed E-state index contributed by atoms with van der Waals surface area (Å²) in [7, 11) is 0. The molecule has 0 aliphatic heterocycles. The van der Waals surface area contributed by atoms with Gasteiger partial charge in [0.15, 0.2) is 5.60 Å². The van der Waals surface area contributed by atoms with E-state index >= 15 is 0 Å². The van der Waals surface area contributed by atoms with Gasteiger partial charge in [0.1, 0.15) is 11.7 Å². The minimum absolute atomic E-state index is 0.0891. The van der Waals surface area contributed by atoms with E-state index in [2.05, 4.69) is 0 Å². The highest BCUT2D eigenvalue weighted by molar-refractivity contribution is 5.90. The fourth-order valence-corrected chi connectivity index (χ4v) is 1.60. The van der Waals surface area contributed by atoms with Gasteiger partial charge in [0.25, 0.3) is 0 Å². The number of rotatable bonds is 5. The van der Waals surface area contributed by atoms with Gasteiger partial charge in [-0.15, -0.1) is 0 Å². The van der Waals surface area contributed by atoms with Crippen LogP contribution in [0, 0.1) is 5.92 Å². The molecule has 0 heterocycles. The highest BCUT2D eigenvalue weighted by Gasteiger charge is 2.56. The number of benzene rings is 1. The van der Waals surface area contributed by atoms with Crippen molar-refractivity contribution in [3.63, 3.8) is 0 Å². The molecule has 0 aromatic heterocycles. The summed E-state index contributed by atoms with van der Waals surface area (Å²) in [6.45, 7) is 3.45. The number of aromatic hydroxyl groups is 1. The predicted molar refractivity (Wildman–Crippen MR) is 66.7 cm³/mol. The van der Waals surface area contributed by atoms with Crippen molar-refractivity contribution in [2.45, 2.75) is 32.3 Å².